The van der Waals surface area contributed by atoms with Gasteiger partial charge in [-0.1, -0.05) is 39.3 Å². The molecular weight excluding hydrogens is 486 g/mol. The van der Waals surface area contributed by atoms with Crippen molar-refractivity contribution in [3.8, 4) is 6.07 Å². The van der Waals surface area contributed by atoms with E-state index < -0.39 is 21.7 Å². The minimum atomic E-state index is -1.17. The average molecular weight is 532 g/mol. The SMILES string of the molecule is COC1(C#N)CCC(c2cc(N(COCC[Si](C)(C)C)COCC[Si](C)(C)C)n3nccc3n2)CC1. The summed E-state index contributed by atoms with van der Waals surface area (Å²) in [4.78, 5) is 7.07. The van der Waals surface area contributed by atoms with E-state index in [4.69, 9.17) is 19.2 Å². The first-order chi connectivity index (χ1) is 17.0. The second-order valence-electron chi connectivity index (χ2n) is 12.5. The number of fused-ring (bicyclic) bond motifs is 1. The Kier molecular flexibility index (Phi) is 9.74. The highest BCUT2D eigenvalue weighted by atomic mass is 28.3. The lowest BCUT2D eigenvalue weighted by atomic mass is 9.78. The van der Waals surface area contributed by atoms with Crippen LogP contribution in [0.1, 0.15) is 37.3 Å². The average Bonchev–Trinajstić information content (AvgIpc) is 3.30. The van der Waals surface area contributed by atoms with Gasteiger partial charge in [0.1, 0.15) is 19.3 Å². The van der Waals surface area contributed by atoms with E-state index in [2.05, 4.69) is 61.4 Å². The van der Waals surface area contributed by atoms with Crippen LogP contribution in [0.4, 0.5) is 5.82 Å². The lowest BCUT2D eigenvalue weighted by Crippen LogP contribution is -2.35. The van der Waals surface area contributed by atoms with E-state index in [1.807, 2.05) is 10.6 Å². The number of anilines is 1. The van der Waals surface area contributed by atoms with E-state index in [1.54, 1.807) is 13.3 Å². The molecule has 0 spiro atoms. The van der Waals surface area contributed by atoms with Crippen LogP contribution in [0.5, 0.6) is 0 Å². The first-order valence-corrected chi connectivity index (χ1v) is 20.6. The predicted octanol–water partition coefficient (Wildman–Crippen LogP) is 5.73. The Morgan fingerprint density at radius 3 is 2.14 bits per heavy atom. The summed E-state index contributed by atoms with van der Waals surface area (Å²) in [6.07, 6.45) is 4.97. The first kappa shape index (κ1) is 28.8. The number of nitriles is 1. The van der Waals surface area contributed by atoms with Gasteiger partial charge in [-0.3, -0.25) is 0 Å². The van der Waals surface area contributed by atoms with E-state index in [0.29, 0.717) is 13.5 Å². The van der Waals surface area contributed by atoms with Crippen molar-refractivity contribution in [3.63, 3.8) is 0 Å². The van der Waals surface area contributed by atoms with Crippen molar-refractivity contribution in [2.24, 2.45) is 0 Å². The molecule has 2 heterocycles. The molecule has 0 amide bonds. The Bertz CT molecular complexity index is 995. The summed E-state index contributed by atoms with van der Waals surface area (Å²) in [7, 11) is -0.709. The van der Waals surface area contributed by atoms with Gasteiger partial charge in [0.2, 0.25) is 0 Å². The highest BCUT2D eigenvalue weighted by molar-refractivity contribution is 6.76. The number of ether oxygens (including phenoxy) is 3. The number of methoxy groups -OCH3 is 1. The number of hydrogen-bond donors (Lipinski definition) is 0. The summed E-state index contributed by atoms with van der Waals surface area (Å²) in [6.45, 7) is 16.6. The first-order valence-electron chi connectivity index (χ1n) is 13.2. The van der Waals surface area contributed by atoms with Gasteiger partial charge in [0.15, 0.2) is 11.2 Å². The zero-order valence-corrected chi connectivity index (χ0v) is 25.3. The van der Waals surface area contributed by atoms with Crippen LogP contribution in [0.2, 0.25) is 51.4 Å². The molecule has 8 nitrogen and oxygen atoms in total. The van der Waals surface area contributed by atoms with Crippen molar-refractivity contribution in [1.82, 2.24) is 14.6 Å². The molecular formula is C26H45N5O3Si2. The molecule has 10 heteroatoms. The fourth-order valence-electron chi connectivity index (χ4n) is 4.37. The van der Waals surface area contributed by atoms with Crippen LogP contribution < -0.4 is 4.90 Å². The van der Waals surface area contributed by atoms with Gasteiger partial charge in [0.05, 0.1) is 12.3 Å². The second-order valence-corrected chi connectivity index (χ2v) is 23.7. The van der Waals surface area contributed by atoms with Gasteiger partial charge in [-0.25, -0.2) is 4.98 Å². The molecule has 0 saturated heterocycles. The Morgan fingerprint density at radius 2 is 1.64 bits per heavy atom. The van der Waals surface area contributed by atoms with Crippen molar-refractivity contribution in [1.29, 1.82) is 5.26 Å². The van der Waals surface area contributed by atoms with Gasteiger partial charge in [-0.05, 0) is 37.8 Å². The zero-order valence-electron chi connectivity index (χ0n) is 23.3. The third-order valence-corrected chi connectivity index (χ3v) is 10.4. The van der Waals surface area contributed by atoms with Gasteiger partial charge >= 0.3 is 0 Å². The molecule has 0 bridgehead atoms. The van der Waals surface area contributed by atoms with Gasteiger partial charge in [0, 0.05) is 60.2 Å². The molecule has 1 aliphatic rings. The van der Waals surface area contributed by atoms with Gasteiger partial charge in [-0.15, -0.1) is 0 Å². The Labute approximate surface area is 219 Å². The van der Waals surface area contributed by atoms with Gasteiger partial charge in [-0.2, -0.15) is 14.9 Å². The summed E-state index contributed by atoms with van der Waals surface area (Å²) in [5.74, 6) is 1.22. The summed E-state index contributed by atoms with van der Waals surface area (Å²) >= 11 is 0. The van der Waals surface area contributed by atoms with Crippen molar-refractivity contribution < 1.29 is 14.2 Å². The van der Waals surface area contributed by atoms with E-state index in [0.717, 1.165) is 68.1 Å². The maximum atomic E-state index is 9.60. The van der Waals surface area contributed by atoms with Crippen LogP contribution >= 0.6 is 0 Å². The quantitative estimate of drug-likeness (QED) is 0.185. The van der Waals surface area contributed by atoms with Gasteiger partial charge < -0.3 is 19.1 Å². The van der Waals surface area contributed by atoms with Crippen molar-refractivity contribution in [2.75, 3.05) is 38.7 Å². The molecule has 36 heavy (non-hydrogen) atoms. The summed E-state index contributed by atoms with van der Waals surface area (Å²) in [6, 6.07) is 8.71. The molecule has 0 atom stereocenters. The predicted molar refractivity (Wildman–Crippen MR) is 150 cm³/mol. The summed E-state index contributed by atoms with van der Waals surface area (Å²) in [5, 5.41) is 14.2. The Hall–Kier alpha value is -1.78. The third kappa shape index (κ3) is 8.11. The molecule has 2 aromatic heterocycles. The summed E-state index contributed by atoms with van der Waals surface area (Å²) in [5.41, 5.74) is 1.19. The Morgan fingerprint density at radius 1 is 1.06 bits per heavy atom. The molecule has 0 N–H and O–H groups in total. The normalized spacial score (nSPS) is 21.0. The smallest absolute Gasteiger partial charge is 0.157 e. The van der Waals surface area contributed by atoms with Crippen LogP contribution in [-0.4, -0.2) is 70.1 Å². The van der Waals surface area contributed by atoms with Crippen LogP contribution in [0.25, 0.3) is 5.65 Å². The highest BCUT2D eigenvalue weighted by Gasteiger charge is 2.36. The molecule has 1 saturated carbocycles. The van der Waals surface area contributed by atoms with Crippen LogP contribution in [0, 0.1) is 11.3 Å². The van der Waals surface area contributed by atoms with Crippen molar-refractivity contribution in [3.05, 3.63) is 24.0 Å². The third-order valence-electron chi connectivity index (χ3n) is 6.98. The maximum absolute atomic E-state index is 9.60. The molecule has 2 aromatic rings. The fourth-order valence-corrected chi connectivity index (χ4v) is 5.88. The molecule has 0 radical (unpaired) electrons. The minimum Gasteiger partial charge on any atom is -0.363 e. The van der Waals surface area contributed by atoms with E-state index in [9.17, 15) is 5.26 Å². The largest absolute Gasteiger partial charge is 0.363 e. The lowest BCUT2D eigenvalue weighted by molar-refractivity contribution is 0.00408. The zero-order chi connectivity index (χ0) is 26.4. The molecule has 1 fully saturated rings. The fraction of sp³-hybridized carbons (Fsp3) is 0.731. The maximum Gasteiger partial charge on any atom is 0.157 e. The number of hydrogen-bond acceptors (Lipinski definition) is 7. The molecule has 3 rings (SSSR count). The highest BCUT2D eigenvalue weighted by Crippen LogP contribution is 2.39. The van der Waals surface area contributed by atoms with E-state index in [1.165, 1.54) is 0 Å². The van der Waals surface area contributed by atoms with Crippen LogP contribution in [0.3, 0.4) is 0 Å². The Balaban J connectivity index is 1.81. The van der Waals surface area contributed by atoms with Crippen molar-refractivity contribution >= 4 is 27.6 Å². The standard InChI is InChI=1S/C26H45N5O3Si2/c1-32-26(19-27)11-8-22(9-12-26)23-18-25(31-24(29-23)10-13-28-31)30(20-33-14-16-35(2,3)4)21-34-15-17-36(5,6)7/h10,13,18,22H,8-9,11-12,14-17,20-21H2,1-7H3. The minimum absolute atomic E-state index is 0.280. The molecule has 1 aliphatic carbocycles. The second kappa shape index (κ2) is 12.2. The van der Waals surface area contributed by atoms with E-state index >= 15 is 0 Å². The van der Waals surface area contributed by atoms with Crippen LogP contribution in [-0.2, 0) is 14.2 Å². The molecule has 0 unspecified atom stereocenters. The lowest BCUT2D eigenvalue weighted by Gasteiger charge is -2.34. The summed E-state index contributed by atoms with van der Waals surface area (Å²) < 4.78 is 19.8. The molecule has 0 aliphatic heterocycles. The molecule has 200 valence electrons. The topological polar surface area (TPSA) is 84.9 Å². The number of nitrogens with zero attached hydrogens (tertiary/aromatic N) is 5. The number of aromatic nitrogens is 3. The monoisotopic (exact) mass is 531 g/mol. The van der Waals surface area contributed by atoms with Gasteiger partial charge in [0.25, 0.3) is 0 Å². The van der Waals surface area contributed by atoms with Crippen LogP contribution in [0.15, 0.2) is 18.3 Å². The molecule has 0 aromatic carbocycles. The van der Waals surface area contributed by atoms with Crippen molar-refractivity contribution in [2.45, 2.75) is 88.6 Å². The van der Waals surface area contributed by atoms with E-state index in [-0.39, 0.29) is 5.92 Å². The number of rotatable bonds is 13.